The van der Waals surface area contributed by atoms with Crippen LogP contribution < -0.4 is 10.2 Å². The zero-order chi connectivity index (χ0) is 16.3. The molecule has 2 atom stereocenters. The highest BCUT2D eigenvalue weighted by molar-refractivity contribution is 6.34. The van der Waals surface area contributed by atoms with Gasteiger partial charge in [0.2, 0.25) is 11.8 Å². The maximum absolute atomic E-state index is 12.4. The van der Waals surface area contributed by atoms with Crippen molar-refractivity contribution >= 4 is 29.1 Å². The molecule has 2 N–H and O–H groups in total. The summed E-state index contributed by atoms with van der Waals surface area (Å²) in [6.45, 7) is 4.20. The molecule has 6 heteroatoms. The number of aliphatic hydroxyl groups is 1. The fourth-order valence-corrected chi connectivity index (χ4v) is 2.64. The van der Waals surface area contributed by atoms with Crippen LogP contribution >= 0.6 is 11.6 Å². The number of amides is 2. The molecule has 0 radical (unpaired) electrons. The molecule has 1 saturated heterocycles. The maximum Gasteiger partial charge on any atom is 0.249 e. The molecule has 1 aromatic rings. The average molecular weight is 325 g/mol. The van der Waals surface area contributed by atoms with E-state index < -0.39 is 12.1 Å². The Bertz CT molecular complexity index is 562. The van der Waals surface area contributed by atoms with Crippen LogP contribution in [0.4, 0.5) is 5.69 Å². The van der Waals surface area contributed by atoms with E-state index in [4.69, 9.17) is 11.6 Å². The fraction of sp³-hybridized carbons (Fsp3) is 0.500. The molecule has 2 amide bonds. The van der Waals surface area contributed by atoms with Crippen LogP contribution in [0, 0.1) is 5.92 Å². The lowest BCUT2D eigenvalue weighted by atomic mass is 10.0. The van der Waals surface area contributed by atoms with Crippen molar-refractivity contribution < 1.29 is 14.7 Å². The number of carbonyl (C=O) groups excluding carboxylic acids is 2. The molecule has 2 unspecified atom stereocenters. The molecule has 0 spiro atoms. The number of halogens is 1. The molecule has 2 rings (SSSR count). The minimum absolute atomic E-state index is 0.00431. The van der Waals surface area contributed by atoms with Crippen LogP contribution in [0.1, 0.15) is 26.7 Å². The SMILES string of the molecule is CC(C)C(O)CC(=O)NC1CCN(c2ccccc2Cl)C1=O. The van der Waals surface area contributed by atoms with E-state index in [-0.39, 0.29) is 24.2 Å². The zero-order valence-corrected chi connectivity index (χ0v) is 13.5. The van der Waals surface area contributed by atoms with E-state index in [1.54, 1.807) is 23.1 Å². The zero-order valence-electron chi connectivity index (χ0n) is 12.8. The van der Waals surface area contributed by atoms with Crippen molar-refractivity contribution in [1.82, 2.24) is 5.32 Å². The molecule has 22 heavy (non-hydrogen) atoms. The van der Waals surface area contributed by atoms with Gasteiger partial charge in [0.05, 0.1) is 23.2 Å². The summed E-state index contributed by atoms with van der Waals surface area (Å²) in [6, 6.07) is 6.59. The number of anilines is 1. The van der Waals surface area contributed by atoms with Gasteiger partial charge in [-0.1, -0.05) is 37.6 Å². The van der Waals surface area contributed by atoms with Gasteiger partial charge in [-0.3, -0.25) is 9.59 Å². The molecular weight excluding hydrogens is 304 g/mol. The van der Waals surface area contributed by atoms with Crippen molar-refractivity contribution in [3.05, 3.63) is 29.3 Å². The third-order valence-electron chi connectivity index (χ3n) is 3.85. The molecule has 0 aromatic heterocycles. The number of rotatable bonds is 5. The van der Waals surface area contributed by atoms with Crippen LogP contribution in [0.5, 0.6) is 0 Å². The average Bonchev–Trinajstić information content (AvgIpc) is 2.80. The normalized spacial score (nSPS) is 19.6. The van der Waals surface area contributed by atoms with Crippen molar-refractivity contribution in [2.45, 2.75) is 38.8 Å². The van der Waals surface area contributed by atoms with Gasteiger partial charge in [-0.2, -0.15) is 0 Å². The van der Waals surface area contributed by atoms with Gasteiger partial charge in [0.25, 0.3) is 0 Å². The Hall–Kier alpha value is -1.59. The summed E-state index contributed by atoms with van der Waals surface area (Å²) in [7, 11) is 0. The molecule has 5 nitrogen and oxygen atoms in total. The van der Waals surface area contributed by atoms with Crippen LogP contribution in [-0.4, -0.2) is 35.6 Å². The smallest absolute Gasteiger partial charge is 0.249 e. The van der Waals surface area contributed by atoms with Gasteiger partial charge in [0.1, 0.15) is 6.04 Å². The lowest BCUT2D eigenvalue weighted by molar-refractivity contribution is -0.128. The number of aliphatic hydroxyl groups excluding tert-OH is 1. The quantitative estimate of drug-likeness (QED) is 0.870. The van der Waals surface area contributed by atoms with Gasteiger partial charge < -0.3 is 15.3 Å². The highest BCUT2D eigenvalue weighted by Gasteiger charge is 2.34. The van der Waals surface area contributed by atoms with Gasteiger partial charge in [-0.15, -0.1) is 0 Å². The Morgan fingerprint density at radius 1 is 1.45 bits per heavy atom. The first-order chi connectivity index (χ1) is 10.4. The van der Waals surface area contributed by atoms with Gasteiger partial charge in [-0.05, 0) is 24.5 Å². The number of carbonyl (C=O) groups is 2. The maximum atomic E-state index is 12.4. The minimum Gasteiger partial charge on any atom is -0.392 e. The Labute approximate surface area is 135 Å². The molecule has 120 valence electrons. The highest BCUT2D eigenvalue weighted by atomic mass is 35.5. The molecular formula is C16H21ClN2O3. The van der Waals surface area contributed by atoms with Crippen LogP contribution in [0.3, 0.4) is 0 Å². The summed E-state index contributed by atoms with van der Waals surface area (Å²) in [5.41, 5.74) is 0.660. The van der Waals surface area contributed by atoms with Crippen molar-refractivity contribution in [3.63, 3.8) is 0 Å². The molecule has 1 fully saturated rings. The minimum atomic E-state index is -0.698. The summed E-state index contributed by atoms with van der Waals surface area (Å²) >= 11 is 6.11. The van der Waals surface area contributed by atoms with Crippen molar-refractivity contribution in [2.75, 3.05) is 11.4 Å². The second kappa shape index (κ2) is 7.11. The van der Waals surface area contributed by atoms with Crippen molar-refractivity contribution in [2.24, 2.45) is 5.92 Å². The number of nitrogens with one attached hydrogen (secondary N) is 1. The lowest BCUT2D eigenvalue weighted by Crippen LogP contribution is -2.42. The third kappa shape index (κ3) is 3.78. The Kier molecular flexibility index (Phi) is 5.42. The molecule has 0 saturated carbocycles. The Balaban J connectivity index is 1.97. The standard InChI is InChI=1S/C16H21ClN2O3/c1-10(2)14(20)9-15(21)18-12-7-8-19(16(12)22)13-6-4-3-5-11(13)17/h3-6,10,12,14,20H,7-9H2,1-2H3,(H,18,21). The number of hydrogen-bond acceptors (Lipinski definition) is 3. The van der Waals surface area contributed by atoms with E-state index >= 15 is 0 Å². The van der Waals surface area contributed by atoms with E-state index in [1.165, 1.54) is 0 Å². The predicted molar refractivity (Wildman–Crippen MR) is 85.8 cm³/mol. The van der Waals surface area contributed by atoms with Gasteiger partial charge in [-0.25, -0.2) is 0 Å². The van der Waals surface area contributed by atoms with Crippen LogP contribution in [-0.2, 0) is 9.59 Å². The van der Waals surface area contributed by atoms with Gasteiger partial charge in [0, 0.05) is 6.54 Å². The van der Waals surface area contributed by atoms with E-state index in [9.17, 15) is 14.7 Å². The number of nitrogens with zero attached hydrogens (tertiary/aromatic N) is 1. The summed E-state index contributed by atoms with van der Waals surface area (Å²) in [4.78, 5) is 25.9. The number of para-hydroxylation sites is 1. The Morgan fingerprint density at radius 2 is 2.14 bits per heavy atom. The molecule has 1 aromatic carbocycles. The fourth-order valence-electron chi connectivity index (χ4n) is 2.40. The second-order valence-electron chi connectivity index (χ2n) is 5.87. The molecule has 1 heterocycles. The summed E-state index contributed by atoms with van der Waals surface area (Å²) < 4.78 is 0. The largest absolute Gasteiger partial charge is 0.392 e. The number of hydrogen-bond donors (Lipinski definition) is 2. The Morgan fingerprint density at radius 3 is 2.77 bits per heavy atom. The number of benzene rings is 1. The molecule has 1 aliphatic heterocycles. The van der Waals surface area contributed by atoms with E-state index in [1.807, 2.05) is 19.9 Å². The lowest BCUT2D eigenvalue weighted by Gasteiger charge is -2.19. The van der Waals surface area contributed by atoms with E-state index in [0.717, 1.165) is 0 Å². The summed E-state index contributed by atoms with van der Waals surface area (Å²) in [6.07, 6.45) is -0.155. The predicted octanol–water partition coefficient (Wildman–Crippen LogP) is 1.97. The van der Waals surface area contributed by atoms with E-state index in [2.05, 4.69) is 5.32 Å². The van der Waals surface area contributed by atoms with Gasteiger partial charge in [0.15, 0.2) is 0 Å². The van der Waals surface area contributed by atoms with E-state index in [0.29, 0.717) is 23.7 Å². The first-order valence-corrected chi connectivity index (χ1v) is 7.81. The summed E-state index contributed by atoms with van der Waals surface area (Å²) in [5, 5.41) is 12.9. The second-order valence-corrected chi connectivity index (χ2v) is 6.27. The topological polar surface area (TPSA) is 69.6 Å². The summed E-state index contributed by atoms with van der Waals surface area (Å²) in [5.74, 6) is -0.467. The first-order valence-electron chi connectivity index (χ1n) is 7.43. The van der Waals surface area contributed by atoms with Crippen LogP contribution in [0.2, 0.25) is 5.02 Å². The first kappa shape index (κ1) is 16.8. The van der Waals surface area contributed by atoms with Crippen LogP contribution in [0.25, 0.3) is 0 Å². The molecule has 0 aliphatic carbocycles. The highest BCUT2D eigenvalue weighted by Crippen LogP contribution is 2.29. The third-order valence-corrected chi connectivity index (χ3v) is 4.17. The van der Waals surface area contributed by atoms with Crippen LogP contribution in [0.15, 0.2) is 24.3 Å². The van der Waals surface area contributed by atoms with Crippen molar-refractivity contribution in [1.29, 1.82) is 0 Å². The molecule has 0 bridgehead atoms. The molecule has 1 aliphatic rings. The van der Waals surface area contributed by atoms with Gasteiger partial charge >= 0.3 is 0 Å². The van der Waals surface area contributed by atoms with Crippen molar-refractivity contribution in [3.8, 4) is 0 Å². The monoisotopic (exact) mass is 324 g/mol.